The molecule has 1 saturated carbocycles. The Bertz CT molecular complexity index is 902. The Kier molecular flexibility index (Phi) is 5.27. The van der Waals surface area contributed by atoms with Gasteiger partial charge in [-0.3, -0.25) is 10.1 Å². The van der Waals surface area contributed by atoms with Gasteiger partial charge in [-0.25, -0.2) is 8.42 Å². The minimum atomic E-state index is -3.71. The topological polar surface area (TPSA) is 89.3 Å². The fourth-order valence-corrected chi connectivity index (χ4v) is 4.88. The summed E-state index contributed by atoms with van der Waals surface area (Å²) in [5.74, 6) is 0. The highest BCUT2D eigenvalue weighted by molar-refractivity contribution is 7.91. The van der Waals surface area contributed by atoms with E-state index >= 15 is 0 Å². The molecule has 138 valence electrons. The number of non-ortho nitro benzene ring substituents is 1. The van der Waals surface area contributed by atoms with E-state index in [1.54, 1.807) is 19.1 Å². The smallest absolute Gasteiger partial charge is 0.269 e. The fourth-order valence-electron chi connectivity index (χ4n) is 3.40. The van der Waals surface area contributed by atoms with Crippen LogP contribution in [0.15, 0.2) is 52.3 Å². The molecule has 0 heterocycles. The molecule has 1 aliphatic carbocycles. The van der Waals surface area contributed by atoms with Crippen LogP contribution in [0.3, 0.4) is 0 Å². The summed E-state index contributed by atoms with van der Waals surface area (Å²) in [6.45, 7) is 1.77. The van der Waals surface area contributed by atoms with E-state index in [9.17, 15) is 18.5 Å². The second-order valence-electron chi connectivity index (χ2n) is 6.71. The molecular weight excluding hydrogens is 352 g/mol. The minimum absolute atomic E-state index is 0.0548. The second kappa shape index (κ2) is 7.45. The molecule has 1 fully saturated rings. The van der Waals surface area contributed by atoms with Gasteiger partial charge in [-0.2, -0.15) is 0 Å². The predicted octanol–water partition coefficient (Wildman–Crippen LogP) is 4.48. The van der Waals surface area contributed by atoms with Crippen LogP contribution in [0.2, 0.25) is 0 Å². The summed E-state index contributed by atoms with van der Waals surface area (Å²) in [4.78, 5) is 10.5. The van der Waals surface area contributed by atoms with Crippen LogP contribution in [-0.2, 0) is 9.84 Å². The molecule has 1 aliphatic rings. The van der Waals surface area contributed by atoms with Gasteiger partial charge in [0, 0.05) is 23.9 Å². The Balaban J connectivity index is 1.84. The molecule has 0 atom stereocenters. The number of anilines is 1. The maximum absolute atomic E-state index is 12.8. The van der Waals surface area contributed by atoms with Crippen LogP contribution in [0.1, 0.15) is 37.7 Å². The number of aryl methyl sites for hydroxylation is 1. The number of sulfone groups is 1. The molecule has 0 spiro atoms. The first kappa shape index (κ1) is 18.4. The lowest BCUT2D eigenvalue weighted by Gasteiger charge is -2.24. The summed E-state index contributed by atoms with van der Waals surface area (Å²) < 4.78 is 25.7. The second-order valence-corrected chi connectivity index (χ2v) is 8.63. The van der Waals surface area contributed by atoms with Crippen molar-refractivity contribution >= 4 is 21.2 Å². The predicted molar refractivity (Wildman–Crippen MR) is 100 cm³/mol. The Hall–Kier alpha value is -2.41. The highest BCUT2D eigenvalue weighted by Gasteiger charge is 2.21. The summed E-state index contributed by atoms with van der Waals surface area (Å²) >= 11 is 0. The van der Waals surface area contributed by atoms with Crippen molar-refractivity contribution < 1.29 is 13.3 Å². The van der Waals surface area contributed by atoms with Gasteiger partial charge >= 0.3 is 0 Å². The van der Waals surface area contributed by atoms with Gasteiger partial charge in [0.05, 0.1) is 14.7 Å². The third-order valence-electron chi connectivity index (χ3n) is 4.80. The van der Waals surface area contributed by atoms with E-state index in [-0.39, 0.29) is 15.5 Å². The molecule has 3 rings (SSSR count). The summed E-state index contributed by atoms with van der Waals surface area (Å²) in [6.07, 6.45) is 6.01. The normalized spacial score (nSPS) is 15.6. The molecule has 0 amide bonds. The number of nitro benzene ring substituents is 1. The van der Waals surface area contributed by atoms with Crippen LogP contribution in [0.4, 0.5) is 11.4 Å². The third kappa shape index (κ3) is 3.88. The summed E-state index contributed by atoms with van der Waals surface area (Å²) in [7, 11) is -3.71. The first-order chi connectivity index (χ1) is 12.4. The van der Waals surface area contributed by atoms with Crippen molar-refractivity contribution in [1.29, 1.82) is 0 Å². The SMILES string of the molecule is Cc1cc(NC2CCCCC2)ccc1S(=O)(=O)c1ccc([N+](=O)[O-])cc1. The molecule has 1 N–H and O–H groups in total. The number of benzene rings is 2. The van der Waals surface area contributed by atoms with E-state index in [1.807, 2.05) is 6.07 Å². The average molecular weight is 374 g/mol. The number of nitrogens with zero attached hydrogens (tertiary/aromatic N) is 1. The summed E-state index contributed by atoms with van der Waals surface area (Å²) in [6, 6.07) is 10.7. The van der Waals surface area contributed by atoms with E-state index in [2.05, 4.69) is 5.32 Å². The molecule has 2 aromatic rings. The highest BCUT2D eigenvalue weighted by Crippen LogP contribution is 2.28. The molecule has 26 heavy (non-hydrogen) atoms. The van der Waals surface area contributed by atoms with E-state index in [0.717, 1.165) is 18.5 Å². The molecular formula is C19H22N2O4S. The van der Waals surface area contributed by atoms with E-state index < -0.39 is 14.8 Å². The van der Waals surface area contributed by atoms with Crippen LogP contribution in [0.5, 0.6) is 0 Å². The van der Waals surface area contributed by atoms with E-state index in [0.29, 0.717) is 11.6 Å². The number of nitro groups is 1. The molecule has 0 aromatic heterocycles. The van der Waals surface area contributed by atoms with Crippen LogP contribution in [0.25, 0.3) is 0 Å². The number of hydrogen-bond donors (Lipinski definition) is 1. The van der Waals surface area contributed by atoms with Crippen LogP contribution in [0, 0.1) is 17.0 Å². The van der Waals surface area contributed by atoms with Crippen molar-refractivity contribution in [2.45, 2.75) is 54.9 Å². The monoisotopic (exact) mass is 374 g/mol. The quantitative estimate of drug-likeness (QED) is 0.615. The van der Waals surface area contributed by atoms with Gasteiger partial charge in [0.1, 0.15) is 0 Å². The van der Waals surface area contributed by atoms with Crippen molar-refractivity contribution in [3.63, 3.8) is 0 Å². The molecule has 6 nitrogen and oxygen atoms in total. The molecule has 0 unspecified atom stereocenters. The zero-order valence-corrected chi connectivity index (χ0v) is 15.5. The van der Waals surface area contributed by atoms with Gasteiger partial charge in [-0.1, -0.05) is 19.3 Å². The number of rotatable bonds is 5. The van der Waals surface area contributed by atoms with Gasteiger partial charge < -0.3 is 5.32 Å². The molecule has 7 heteroatoms. The van der Waals surface area contributed by atoms with Crippen molar-refractivity contribution in [2.24, 2.45) is 0 Å². The first-order valence-electron chi connectivity index (χ1n) is 8.74. The summed E-state index contributed by atoms with van der Waals surface area (Å²) in [5.41, 5.74) is 1.45. The van der Waals surface area contributed by atoms with Crippen LogP contribution in [-0.4, -0.2) is 19.4 Å². The van der Waals surface area contributed by atoms with Gasteiger partial charge in [-0.05, 0) is 55.7 Å². The van der Waals surface area contributed by atoms with Crippen molar-refractivity contribution in [1.82, 2.24) is 0 Å². The average Bonchev–Trinajstić information content (AvgIpc) is 2.62. The Morgan fingerprint density at radius 3 is 2.27 bits per heavy atom. The van der Waals surface area contributed by atoms with Gasteiger partial charge in [-0.15, -0.1) is 0 Å². The maximum atomic E-state index is 12.8. The fraction of sp³-hybridized carbons (Fsp3) is 0.368. The van der Waals surface area contributed by atoms with Gasteiger partial charge in [0.25, 0.3) is 5.69 Å². The number of nitrogens with one attached hydrogen (secondary N) is 1. The number of hydrogen-bond acceptors (Lipinski definition) is 5. The summed E-state index contributed by atoms with van der Waals surface area (Å²) in [5, 5.41) is 14.2. The lowest BCUT2D eigenvalue weighted by Crippen LogP contribution is -2.22. The Morgan fingerprint density at radius 2 is 1.69 bits per heavy atom. The minimum Gasteiger partial charge on any atom is -0.382 e. The molecule has 0 bridgehead atoms. The van der Waals surface area contributed by atoms with Crippen molar-refractivity contribution in [2.75, 3.05) is 5.32 Å². The molecule has 0 saturated heterocycles. The largest absolute Gasteiger partial charge is 0.382 e. The molecule has 0 aliphatic heterocycles. The first-order valence-corrected chi connectivity index (χ1v) is 10.2. The van der Waals surface area contributed by atoms with Crippen molar-refractivity contribution in [3.05, 3.63) is 58.1 Å². The van der Waals surface area contributed by atoms with Crippen molar-refractivity contribution in [3.8, 4) is 0 Å². The lowest BCUT2D eigenvalue weighted by atomic mass is 9.95. The van der Waals surface area contributed by atoms with Gasteiger partial charge in [0.2, 0.25) is 9.84 Å². The van der Waals surface area contributed by atoms with Crippen LogP contribution < -0.4 is 5.32 Å². The molecule has 2 aromatic carbocycles. The highest BCUT2D eigenvalue weighted by atomic mass is 32.2. The van der Waals surface area contributed by atoms with Gasteiger partial charge in [0.15, 0.2) is 0 Å². The zero-order valence-electron chi connectivity index (χ0n) is 14.6. The van der Waals surface area contributed by atoms with E-state index in [1.165, 1.54) is 43.5 Å². The molecule has 0 radical (unpaired) electrons. The standard InChI is InChI=1S/C19H22N2O4S/c1-14-13-16(20-15-5-3-2-4-6-15)7-12-19(14)26(24,25)18-10-8-17(9-11-18)21(22)23/h7-13,15,20H,2-6H2,1H3. The van der Waals surface area contributed by atoms with E-state index in [4.69, 9.17) is 0 Å². The maximum Gasteiger partial charge on any atom is 0.269 e. The Labute approximate surface area is 153 Å². The van der Waals surface area contributed by atoms with Crippen LogP contribution >= 0.6 is 0 Å². The third-order valence-corrected chi connectivity index (χ3v) is 6.73. The zero-order chi connectivity index (χ0) is 18.7. The Morgan fingerprint density at radius 1 is 1.04 bits per heavy atom. The lowest BCUT2D eigenvalue weighted by molar-refractivity contribution is -0.384.